The quantitative estimate of drug-likeness (QED) is 0.668. The van der Waals surface area contributed by atoms with Crippen molar-refractivity contribution in [2.75, 3.05) is 26.8 Å². The zero-order valence-corrected chi connectivity index (χ0v) is 14.9. The zero-order valence-electron chi connectivity index (χ0n) is 12.5. The number of hydrogen-bond acceptors (Lipinski definition) is 3. The first kappa shape index (κ1) is 17.2. The lowest BCUT2D eigenvalue weighted by Gasteiger charge is -2.24. The average Bonchev–Trinajstić information content (AvgIpc) is 2.66. The maximum absolute atomic E-state index is 5.03. The lowest BCUT2D eigenvalue weighted by atomic mass is 9.84. The number of nitrogens with one attached hydrogen (secondary N) is 1. The van der Waals surface area contributed by atoms with Crippen LogP contribution in [-0.2, 0) is 11.2 Å². The molecule has 0 saturated heterocycles. The Morgan fingerprint density at radius 1 is 1.32 bits per heavy atom. The molecule has 0 amide bonds. The summed E-state index contributed by atoms with van der Waals surface area (Å²) in [7, 11) is 1.74. The van der Waals surface area contributed by atoms with Crippen molar-refractivity contribution >= 4 is 27.3 Å². The number of methoxy groups -OCH3 is 1. The Morgan fingerprint density at radius 2 is 2.05 bits per heavy atom. The molecule has 19 heavy (non-hydrogen) atoms. The normalized spacial score (nSPS) is 12.1. The van der Waals surface area contributed by atoms with E-state index in [1.165, 1.54) is 33.5 Å². The fourth-order valence-electron chi connectivity index (χ4n) is 1.95. The molecule has 0 unspecified atom stereocenters. The first-order valence-electron chi connectivity index (χ1n) is 6.89. The van der Waals surface area contributed by atoms with Gasteiger partial charge in [0, 0.05) is 27.9 Å². The van der Waals surface area contributed by atoms with Gasteiger partial charge in [-0.3, -0.25) is 0 Å². The van der Waals surface area contributed by atoms with Gasteiger partial charge in [0.2, 0.25) is 0 Å². The van der Waals surface area contributed by atoms with Gasteiger partial charge in [0.1, 0.15) is 0 Å². The molecule has 110 valence electrons. The molecule has 0 spiro atoms. The molecule has 1 rings (SSSR count). The van der Waals surface area contributed by atoms with Crippen LogP contribution in [0, 0.1) is 12.3 Å². The second-order valence-electron chi connectivity index (χ2n) is 5.77. The largest absolute Gasteiger partial charge is 0.383 e. The number of rotatable bonds is 9. The summed E-state index contributed by atoms with van der Waals surface area (Å²) in [6.07, 6.45) is 3.63. The van der Waals surface area contributed by atoms with E-state index >= 15 is 0 Å². The van der Waals surface area contributed by atoms with Gasteiger partial charge in [-0.15, -0.1) is 11.3 Å². The second-order valence-corrected chi connectivity index (χ2v) is 7.97. The summed E-state index contributed by atoms with van der Waals surface area (Å²) < 4.78 is 6.28. The number of thiophene rings is 1. The van der Waals surface area contributed by atoms with Gasteiger partial charge in [0.05, 0.1) is 6.61 Å². The Bertz CT molecular complexity index is 357. The van der Waals surface area contributed by atoms with Gasteiger partial charge in [0.25, 0.3) is 0 Å². The van der Waals surface area contributed by atoms with E-state index in [9.17, 15) is 0 Å². The van der Waals surface area contributed by atoms with Crippen LogP contribution in [0.25, 0.3) is 0 Å². The minimum absolute atomic E-state index is 0.393. The summed E-state index contributed by atoms with van der Waals surface area (Å²) in [4.78, 5) is 2.87. The monoisotopic (exact) mass is 347 g/mol. The van der Waals surface area contributed by atoms with Crippen molar-refractivity contribution in [3.8, 4) is 0 Å². The molecular weight excluding hydrogens is 322 g/mol. The molecule has 4 heteroatoms. The molecule has 2 nitrogen and oxygen atoms in total. The summed E-state index contributed by atoms with van der Waals surface area (Å²) in [5.41, 5.74) is 0.393. The van der Waals surface area contributed by atoms with Crippen molar-refractivity contribution in [3.63, 3.8) is 0 Å². The van der Waals surface area contributed by atoms with Crippen LogP contribution < -0.4 is 5.32 Å². The van der Waals surface area contributed by atoms with E-state index in [1.807, 2.05) is 11.3 Å². The topological polar surface area (TPSA) is 21.3 Å². The smallest absolute Gasteiger partial charge is 0.0587 e. The number of aryl methyl sites for hydroxylation is 2. The van der Waals surface area contributed by atoms with Gasteiger partial charge in [-0.05, 0) is 60.1 Å². The van der Waals surface area contributed by atoms with Crippen LogP contribution in [0.5, 0.6) is 0 Å². The third-order valence-electron chi connectivity index (χ3n) is 3.42. The molecule has 1 N–H and O–H groups in total. The molecule has 0 radical (unpaired) electrons. The molecule has 1 heterocycles. The Labute approximate surface area is 130 Å². The molecule has 0 aliphatic rings. The highest BCUT2D eigenvalue weighted by molar-refractivity contribution is 9.10. The maximum atomic E-state index is 5.03. The van der Waals surface area contributed by atoms with Gasteiger partial charge >= 0.3 is 0 Å². The van der Waals surface area contributed by atoms with E-state index in [4.69, 9.17) is 4.74 Å². The minimum Gasteiger partial charge on any atom is -0.383 e. The first-order valence-corrected chi connectivity index (χ1v) is 8.50. The highest BCUT2D eigenvalue weighted by atomic mass is 79.9. The van der Waals surface area contributed by atoms with Crippen molar-refractivity contribution in [3.05, 3.63) is 20.3 Å². The molecule has 0 aliphatic carbocycles. The van der Waals surface area contributed by atoms with Crippen LogP contribution in [0.1, 0.15) is 36.4 Å². The summed E-state index contributed by atoms with van der Waals surface area (Å²) >= 11 is 5.50. The van der Waals surface area contributed by atoms with Gasteiger partial charge in [0.15, 0.2) is 0 Å². The first-order chi connectivity index (χ1) is 8.94. The molecule has 0 bridgehead atoms. The summed E-state index contributed by atoms with van der Waals surface area (Å²) in [6, 6.07) is 2.27. The molecular formula is C15H26BrNOS. The molecule has 0 aliphatic heterocycles. The van der Waals surface area contributed by atoms with E-state index in [1.54, 1.807) is 7.11 Å². The van der Waals surface area contributed by atoms with Crippen molar-refractivity contribution < 1.29 is 4.74 Å². The van der Waals surface area contributed by atoms with Crippen LogP contribution >= 0.6 is 27.3 Å². The average molecular weight is 348 g/mol. The zero-order chi connectivity index (χ0) is 14.3. The van der Waals surface area contributed by atoms with Gasteiger partial charge < -0.3 is 10.1 Å². The number of ether oxygens (including phenoxy) is 1. The molecule has 1 aromatic rings. The van der Waals surface area contributed by atoms with Crippen LogP contribution in [0.2, 0.25) is 0 Å². The van der Waals surface area contributed by atoms with E-state index in [0.29, 0.717) is 5.41 Å². The number of halogens is 1. The maximum Gasteiger partial charge on any atom is 0.0587 e. The molecule has 0 fully saturated rings. The van der Waals surface area contributed by atoms with E-state index in [-0.39, 0.29) is 0 Å². The highest BCUT2D eigenvalue weighted by Crippen LogP contribution is 2.31. The lowest BCUT2D eigenvalue weighted by molar-refractivity contribution is 0.197. The van der Waals surface area contributed by atoms with Gasteiger partial charge in [-0.1, -0.05) is 13.8 Å². The van der Waals surface area contributed by atoms with Crippen LogP contribution in [-0.4, -0.2) is 26.8 Å². The van der Waals surface area contributed by atoms with E-state index in [2.05, 4.69) is 48.1 Å². The van der Waals surface area contributed by atoms with Crippen molar-refractivity contribution in [2.24, 2.45) is 5.41 Å². The highest BCUT2D eigenvalue weighted by Gasteiger charge is 2.17. The Kier molecular flexibility index (Phi) is 7.58. The fraction of sp³-hybridized carbons (Fsp3) is 0.733. The molecule has 0 atom stereocenters. The SMILES string of the molecule is COCCNCCC(C)(C)CCc1cc(Br)c(C)s1. The summed E-state index contributed by atoms with van der Waals surface area (Å²) in [5, 5.41) is 3.42. The molecule has 0 aromatic carbocycles. The summed E-state index contributed by atoms with van der Waals surface area (Å²) in [5.74, 6) is 0. The molecule has 1 aromatic heterocycles. The number of hydrogen-bond donors (Lipinski definition) is 1. The van der Waals surface area contributed by atoms with Crippen molar-refractivity contribution in [2.45, 2.75) is 40.0 Å². The third-order valence-corrected chi connectivity index (χ3v) is 5.61. The Hall–Kier alpha value is 0.1000. The third kappa shape index (κ3) is 6.89. The van der Waals surface area contributed by atoms with Gasteiger partial charge in [-0.25, -0.2) is 0 Å². The van der Waals surface area contributed by atoms with Crippen LogP contribution in [0.15, 0.2) is 10.5 Å². The van der Waals surface area contributed by atoms with Crippen molar-refractivity contribution in [1.82, 2.24) is 5.32 Å². The van der Waals surface area contributed by atoms with E-state index < -0.39 is 0 Å². The predicted molar refractivity (Wildman–Crippen MR) is 88.2 cm³/mol. The van der Waals surface area contributed by atoms with Gasteiger partial charge in [-0.2, -0.15) is 0 Å². The minimum atomic E-state index is 0.393. The van der Waals surface area contributed by atoms with Crippen LogP contribution in [0.4, 0.5) is 0 Å². The van der Waals surface area contributed by atoms with E-state index in [0.717, 1.165) is 19.7 Å². The fourth-order valence-corrected chi connectivity index (χ4v) is 3.55. The summed E-state index contributed by atoms with van der Waals surface area (Å²) in [6.45, 7) is 9.71. The van der Waals surface area contributed by atoms with Crippen molar-refractivity contribution in [1.29, 1.82) is 0 Å². The van der Waals surface area contributed by atoms with Crippen LogP contribution in [0.3, 0.4) is 0 Å². The standard InChI is InChI=1S/C15H26BrNOS/c1-12-14(16)11-13(19-12)5-6-15(2,3)7-8-17-9-10-18-4/h11,17H,5-10H2,1-4H3. The Balaban J connectivity index is 2.26. The lowest BCUT2D eigenvalue weighted by Crippen LogP contribution is -2.25. The Morgan fingerprint density at radius 3 is 2.63 bits per heavy atom. The predicted octanol–water partition coefficient (Wildman–Crippen LogP) is 4.40. The second kappa shape index (κ2) is 8.40. The molecule has 0 saturated carbocycles.